The van der Waals surface area contributed by atoms with Gasteiger partial charge >= 0.3 is 0 Å². The summed E-state index contributed by atoms with van der Waals surface area (Å²) >= 11 is 0. The van der Waals surface area contributed by atoms with E-state index in [0.717, 1.165) is 19.5 Å². The van der Waals surface area contributed by atoms with Gasteiger partial charge in [0, 0.05) is 24.8 Å². The number of hydrogen-bond donors (Lipinski definition) is 1. The molecule has 1 N–H and O–H groups in total. The van der Waals surface area contributed by atoms with Crippen LogP contribution in [0, 0.1) is 0 Å². The Morgan fingerprint density at radius 2 is 2.14 bits per heavy atom. The van der Waals surface area contributed by atoms with Crippen LogP contribution in [0.15, 0.2) is 12.5 Å². The first kappa shape index (κ1) is 11.2. The van der Waals surface area contributed by atoms with Gasteiger partial charge in [0.15, 0.2) is 0 Å². The van der Waals surface area contributed by atoms with Gasteiger partial charge in [-0.15, -0.1) is 0 Å². The van der Waals surface area contributed by atoms with Gasteiger partial charge in [0.25, 0.3) is 0 Å². The van der Waals surface area contributed by atoms with E-state index in [-0.39, 0.29) is 5.54 Å². The van der Waals surface area contributed by atoms with Crippen molar-refractivity contribution in [3.05, 3.63) is 18.2 Å². The molecule has 0 amide bonds. The lowest BCUT2D eigenvalue weighted by Crippen LogP contribution is -2.35. The van der Waals surface area contributed by atoms with Crippen LogP contribution in [0.4, 0.5) is 0 Å². The van der Waals surface area contributed by atoms with Crippen molar-refractivity contribution >= 4 is 0 Å². The Balaban J connectivity index is 2.53. The fourth-order valence-electron chi connectivity index (χ4n) is 1.29. The Labute approximate surface area is 86.5 Å². The van der Waals surface area contributed by atoms with Gasteiger partial charge in [0.05, 0.1) is 12.0 Å². The molecule has 0 radical (unpaired) electrons. The van der Waals surface area contributed by atoms with Gasteiger partial charge in [0.1, 0.15) is 0 Å². The van der Waals surface area contributed by atoms with E-state index in [1.54, 1.807) is 0 Å². The molecule has 0 aromatic carbocycles. The first-order valence-corrected chi connectivity index (χ1v) is 5.27. The Morgan fingerprint density at radius 1 is 1.43 bits per heavy atom. The van der Waals surface area contributed by atoms with Crippen molar-refractivity contribution in [2.24, 2.45) is 0 Å². The molecule has 1 heterocycles. The molecule has 3 nitrogen and oxygen atoms in total. The van der Waals surface area contributed by atoms with Crippen LogP contribution in [-0.4, -0.2) is 15.1 Å². The van der Waals surface area contributed by atoms with Crippen molar-refractivity contribution in [1.82, 2.24) is 14.9 Å². The number of rotatable bonds is 4. The molecule has 0 atom stereocenters. The Bertz CT molecular complexity index is 270. The second-order valence-corrected chi connectivity index (χ2v) is 4.68. The summed E-state index contributed by atoms with van der Waals surface area (Å²) in [4.78, 5) is 4.16. The molecule has 0 aliphatic rings. The number of nitrogens with one attached hydrogen (secondary N) is 1. The van der Waals surface area contributed by atoms with Gasteiger partial charge in [-0.25, -0.2) is 4.98 Å². The number of aromatic nitrogens is 2. The summed E-state index contributed by atoms with van der Waals surface area (Å²) in [6.45, 7) is 10.7. The van der Waals surface area contributed by atoms with Crippen LogP contribution in [0.3, 0.4) is 0 Å². The topological polar surface area (TPSA) is 29.9 Å². The third-order valence-electron chi connectivity index (χ3n) is 2.06. The highest BCUT2D eigenvalue weighted by Crippen LogP contribution is 2.04. The summed E-state index contributed by atoms with van der Waals surface area (Å²) in [7, 11) is 0. The lowest BCUT2D eigenvalue weighted by molar-refractivity contribution is 0.415. The van der Waals surface area contributed by atoms with Crippen molar-refractivity contribution in [3.63, 3.8) is 0 Å². The molecule has 0 unspecified atom stereocenters. The number of nitrogens with zero attached hydrogens (tertiary/aromatic N) is 2. The average molecular weight is 195 g/mol. The van der Waals surface area contributed by atoms with Crippen LogP contribution in [0.5, 0.6) is 0 Å². The zero-order valence-electron chi connectivity index (χ0n) is 9.67. The van der Waals surface area contributed by atoms with Gasteiger partial charge in [-0.1, -0.05) is 6.92 Å². The van der Waals surface area contributed by atoms with E-state index in [4.69, 9.17) is 0 Å². The molecule has 0 spiro atoms. The standard InChI is InChI=1S/C11H21N3/c1-5-6-14-9-12-7-10(14)8-13-11(2,3)4/h7,9,13H,5-6,8H2,1-4H3. The van der Waals surface area contributed by atoms with Gasteiger partial charge < -0.3 is 9.88 Å². The van der Waals surface area contributed by atoms with Gasteiger partial charge in [-0.3, -0.25) is 0 Å². The fraction of sp³-hybridized carbons (Fsp3) is 0.727. The molecule has 1 rings (SSSR count). The number of aryl methyl sites for hydroxylation is 1. The predicted molar refractivity (Wildman–Crippen MR) is 59.1 cm³/mol. The monoisotopic (exact) mass is 195 g/mol. The minimum Gasteiger partial charge on any atom is -0.333 e. The number of imidazole rings is 1. The largest absolute Gasteiger partial charge is 0.333 e. The highest BCUT2D eigenvalue weighted by molar-refractivity contribution is 4.98. The van der Waals surface area contributed by atoms with Crippen LogP contribution in [0.25, 0.3) is 0 Å². The molecule has 0 aliphatic carbocycles. The maximum atomic E-state index is 4.16. The van der Waals surface area contributed by atoms with Crippen molar-refractivity contribution in [3.8, 4) is 0 Å². The second kappa shape index (κ2) is 4.60. The third-order valence-corrected chi connectivity index (χ3v) is 2.06. The van der Waals surface area contributed by atoms with Crippen LogP contribution in [0.2, 0.25) is 0 Å². The predicted octanol–water partition coefficient (Wildman–Crippen LogP) is 2.18. The molecule has 1 aromatic rings. The van der Waals surface area contributed by atoms with Crippen LogP contribution in [0.1, 0.15) is 39.8 Å². The zero-order chi connectivity index (χ0) is 10.6. The summed E-state index contributed by atoms with van der Waals surface area (Å²) in [6, 6.07) is 0. The molecule has 80 valence electrons. The SMILES string of the molecule is CCCn1cncc1CNC(C)(C)C. The van der Waals surface area contributed by atoms with E-state index in [2.05, 4.69) is 42.6 Å². The first-order valence-electron chi connectivity index (χ1n) is 5.27. The summed E-state index contributed by atoms with van der Waals surface area (Å²) in [5.41, 5.74) is 1.43. The molecule has 0 bridgehead atoms. The van der Waals surface area contributed by atoms with E-state index < -0.39 is 0 Å². The zero-order valence-corrected chi connectivity index (χ0v) is 9.67. The normalized spacial score (nSPS) is 12.0. The van der Waals surface area contributed by atoms with E-state index in [9.17, 15) is 0 Å². The fourth-order valence-corrected chi connectivity index (χ4v) is 1.29. The van der Waals surface area contributed by atoms with Gasteiger partial charge in [0.2, 0.25) is 0 Å². The molecule has 0 saturated heterocycles. The molecular formula is C11H21N3. The Morgan fingerprint density at radius 3 is 2.71 bits per heavy atom. The van der Waals surface area contributed by atoms with Crippen molar-refractivity contribution in [1.29, 1.82) is 0 Å². The highest BCUT2D eigenvalue weighted by Gasteiger charge is 2.09. The van der Waals surface area contributed by atoms with Gasteiger partial charge in [-0.05, 0) is 27.2 Å². The van der Waals surface area contributed by atoms with E-state index in [1.807, 2.05) is 12.5 Å². The van der Waals surface area contributed by atoms with Crippen molar-refractivity contribution in [2.75, 3.05) is 0 Å². The average Bonchev–Trinajstić information content (AvgIpc) is 2.48. The van der Waals surface area contributed by atoms with Crippen molar-refractivity contribution in [2.45, 2.75) is 52.7 Å². The molecule has 0 saturated carbocycles. The number of hydrogen-bond acceptors (Lipinski definition) is 2. The van der Waals surface area contributed by atoms with Gasteiger partial charge in [-0.2, -0.15) is 0 Å². The molecule has 1 aromatic heterocycles. The lowest BCUT2D eigenvalue weighted by atomic mass is 10.1. The van der Waals surface area contributed by atoms with E-state index >= 15 is 0 Å². The Kier molecular flexibility index (Phi) is 3.69. The van der Waals surface area contributed by atoms with Crippen LogP contribution >= 0.6 is 0 Å². The molecule has 0 aliphatic heterocycles. The van der Waals surface area contributed by atoms with E-state index in [1.165, 1.54) is 5.69 Å². The second-order valence-electron chi connectivity index (χ2n) is 4.68. The van der Waals surface area contributed by atoms with E-state index in [0.29, 0.717) is 0 Å². The maximum absolute atomic E-state index is 4.16. The lowest BCUT2D eigenvalue weighted by Gasteiger charge is -2.20. The third kappa shape index (κ3) is 3.50. The van der Waals surface area contributed by atoms with Crippen LogP contribution in [-0.2, 0) is 13.1 Å². The van der Waals surface area contributed by atoms with Crippen molar-refractivity contribution < 1.29 is 0 Å². The first-order chi connectivity index (χ1) is 6.53. The highest BCUT2D eigenvalue weighted by atomic mass is 15.1. The maximum Gasteiger partial charge on any atom is 0.0948 e. The molecule has 14 heavy (non-hydrogen) atoms. The Hall–Kier alpha value is -0.830. The molecule has 0 fully saturated rings. The van der Waals surface area contributed by atoms with Crippen LogP contribution < -0.4 is 5.32 Å². The molecular weight excluding hydrogens is 174 g/mol. The summed E-state index contributed by atoms with van der Waals surface area (Å²) in [6.07, 6.45) is 5.00. The summed E-state index contributed by atoms with van der Waals surface area (Å²) in [5, 5.41) is 3.46. The smallest absolute Gasteiger partial charge is 0.0948 e. The summed E-state index contributed by atoms with van der Waals surface area (Å²) < 4.78 is 2.21. The minimum atomic E-state index is 0.168. The quantitative estimate of drug-likeness (QED) is 0.798. The summed E-state index contributed by atoms with van der Waals surface area (Å²) in [5.74, 6) is 0. The minimum absolute atomic E-state index is 0.168. The molecule has 3 heteroatoms.